The number of hydrogen-bond acceptors (Lipinski definition) is 4. The van der Waals surface area contributed by atoms with Crippen molar-refractivity contribution in [1.29, 1.82) is 0 Å². The fraction of sp³-hybridized carbons (Fsp3) is 0.200. The highest BCUT2D eigenvalue weighted by molar-refractivity contribution is 7.21. The van der Waals surface area contributed by atoms with Crippen molar-refractivity contribution in [2.24, 2.45) is 5.92 Å². The monoisotopic (exact) mass is 401 g/mol. The molecule has 0 amide bonds. The van der Waals surface area contributed by atoms with Crippen LogP contribution in [0.2, 0.25) is 0 Å². The first kappa shape index (κ1) is 19.3. The molecule has 0 aliphatic rings. The molecule has 0 saturated carbocycles. The quantitative estimate of drug-likeness (QED) is 0.390. The number of phenolic OH excluding ortho intramolecular Hbond substituents is 1. The van der Waals surface area contributed by atoms with Gasteiger partial charge in [-0.1, -0.05) is 69.3 Å². The lowest BCUT2D eigenvalue weighted by atomic mass is 9.71. The van der Waals surface area contributed by atoms with Crippen LogP contribution in [0.5, 0.6) is 5.75 Å². The number of carbonyl (C=O) groups is 1. The molecule has 4 aromatic rings. The standard InChI is InChI=1S/C25H23NO2S/c1-16(23(28)17-9-5-4-6-10-17)25(2,3)18-13-14-19(21(27)15-18)24-26-20-11-7-8-12-22(20)29-24/h4-16,27H,1-3H3. The predicted octanol–water partition coefficient (Wildman–Crippen LogP) is 6.47. The second kappa shape index (κ2) is 7.45. The summed E-state index contributed by atoms with van der Waals surface area (Å²) in [6, 6.07) is 23.0. The number of aromatic hydroxyl groups is 1. The number of benzene rings is 3. The van der Waals surface area contributed by atoms with E-state index < -0.39 is 5.41 Å². The van der Waals surface area contributed by atoms with Crippen molar-refractivity contribution in [2.45, 2.75) is 26.2 Å². The lowest BCUT2D eigenvalue weighted by Gasteiger charge is -2.32. The average Bonchev–Trinajstić information content (AvgIpc) is 3.17. The van der Waals surface area contributed by atoms with Crippen molar-refractivity contribution >= 4 is 27.3 Å². The zero-order valence-corrected chi connectivity index (χ0v) is 17.5. The molecule has 1 atom stereocenters. The number of Topliss-reactive ketones (excluding diaryl/α,β-unsaturated/α-hetero) is 1. The smallest absolute Gasteiger partial charge is 0.166 e. The number of hydrogen-bond donors (Lipinski definition) is 1. The van der Waals surface area contributed by atoms with E-state index in [2.05, 4.69) is 4.98 Å². The van der Waals surface area contributed by atoms with Crippen LogP contribution in [0.1, 0.15) is 36.7 Å². The maximum atomic E-state index is 13.0. The number of fused-ring (bicyclic) bond motifs is 1. The van der Waals surface area contributed by atoms with Crippen LogP contribution in [-0.2, 0) is 5.41 Å². The van der Waals surface area contributed by atoms with Gasteiger partial charge >= 0.3 is 0 Å². The number of carbonyl (C=O) groups excluding carboxylic acids is 1. The summed E-state index contributed by atoms with van der Waals surface area (Å²) < 4.78 is 1.09. The number of aromatic nitrogens is 1. The first-order chi connectivity index (χ1) is 13.9. The van der Waals surface area contributed by atoms with E-state index in [9.17, 15) is 9.90 Å². The molecule has 0 radical (unpaired) electrons. The van der Waals surface area contributed by atoms with Crippen LogP contribution in [-0.4, -0.2) is 15.9 Å². The van der Waals surface area contributed by atoms with Crippen molar-refractivity contribution in [3.05, 3.63) is 83.9 Å². The van der Waals surface area contributed by atoms with Gasteiger partial charge in [0.1, 0.15) is 10.8 Å². The Balaban J connectivity index is 1.66. The fourth-order valence-electron chi connectivity index (χ4n) is 3.53. The number of thiazole rings is 1. The largest absolute Gasteiger partial charge is 0.507 e. The lowest BCUT2D eigenvalue weighted by Crippen LogP contribution is -2.32. The Morgan fingerprint density at radius 3 is 2.38 bits per heavy atom. The van der Waals surface area contributed by atoms with Gasteiger partial charge in [0.05, 0.1) is 15.8 Å². The zero-order chi connectivity index (χ0) is 20.6. The minimum atomic E-state index is -0.434. The fourth-order valence-corrected chi connectivity index (χ4v) is 4.53. The van der Waals surface area contributed by atoms with E-state index in [1.165, 1.54) is 0 Å². The molecule has 0 fully saturated rings. The molecule has 0 bridgehead atoms. The summed E-state index contributed by atoms with van der Waals surface area (Å²) in [7, 11) is 0. The molecule has 1 heterocycles. The molecule has 0 aliphatic heterocycles. The van der Waals surface area contributed by atoms with Gasteiger partial charge in [0.2, 0.25) is 0 Å². The summed E-state index contributed by atoms with van der Waals surface area (Å²) in [5.41, 5.74) is 2.85. The minimum Gasteiger partial charge on any atom is -0.507 e. The second-order valence-electron chi connectivity index (χ2n) is 7.89. The average molecular weight is 402 g/mol. The summed E-state index contributed by atoms with van der Waals surface area (Å²) in [4.78, 5) is 17.6. The molecular weight excluding hydrogens is 378 g/mol. The SMILES string of the molecule is CC(C(=O)c1ccccc1)C(C)(C)c1ccc(-c2nc3ccccc3s2)c(O)c1. The van der Waals surface area contributed by atoms with Crippen LogP contribution < -0.4 is 0 Å². The second-order valence-corrected chi connectivity index (χ2v) is 8.92. The number of rotatable bonds is 5. The maximum absolute atomic E-state index is 13.0. The van der Waals surface area contributed by atoms with Gasteiger partial charge in [0, 0.05) is 11.5 Å². The summed E-state index contributed by atoms with van der Waals surface area (Å²) in [6.45, 7) is 6.04. The highest BCUT2D eigenvalue weighted by atomic mass is 32.1. The predicted molar refractivity (Wildman–Crippen MR) is 120 cm³/mol. The van der Waals surface area contributed by atoms with Crippen LogP contribution in [0.15, 0.2) is 72.8 Å². The summed E-state index contributed by atoms with van der Waals surface area (Å²) in [5.74, 6) is 0.0527. The third kappa shape index (κ3) is 3.56. The first-order valence-corrected chi connectivity index (χ1v) is 10.5. The Hall–Kier alpha value is -2.98. The molecule has 1 aromatic heterocycles. The van der Waals surface area contributed by atoms with Gasteiger partial charge in [-0.25, -0.2) is 4.98 Å². The number of nitrogens with zero attached hydrogens (tertiary/aromatic N) is 1. The van der Waals surface area contributed by atoms with E-state index in [-0.39, 0.29) is 17.5 Å². The van der Waals surface area contributed by atoms with E-state index in [0.717, 1.165) is 20.8 Å². The van der Waals surface area contributed by atoms with Gasteiger partial charge in [0.15, 0.2) is 5.78 Å². The molecule has 4 rings (SSSR count). The summed E-state index contributed by atoms with van der Waals surface area (Å²) in [6.07, 6.45) is 0. The molecule has 146 valence electrons. The van der Waals surface area contributed by atoms with Crippen LogP contribution in [0, 0.1) is 5.92 Å². The van der Waals surface area contributed by atoms with Gasteiger partial charge in [-0.05, 0) is 35.2 Å². The third-order valence-electron chi connectivity index (χ3n) is 5.80. The minimum absolute atomic E-state index is 0.102. The Kier molecular flexibility index (Phi) is 4.97. The Morgan fingerprint density at radius 1 is 1.00 bits per heavy atom. The van der Waals surface area contributed by atoms with Gasteiger partial charge in [-0.2, -0.15) is 0 Å². The van der Waals surface area contributed by atoms with E-state index >= 15 is 0 Å². The maximum Gasteiger partial charge on any atom is 0.166 e. The first-order valence-electron chi connectivity index (χ1n) is 9.66. The molecule has 1 unspecified atom stereocenters. The number of phenols is 1. The normalized spacial score (nSPS) is 12.8. The van der Waals surface area contributed by atoms with E-state index in [1.807, 2.05) is 87.5 Å². The Bertz CT molecular complexity index is 1140. The topological polar surface area (TPSA) is 50.2 Å². The van der Waals surface area contributed by atoms with Gasteiger partial charge in [0.25, 0.3) is 0 Å². The van der Waals surface area contributed by atoms with E-state index in [4.69, 9.17) is 0 Å². The van der Waals surface area contributed by atoms with Crippen LogP contribution >= 0.6 is 11.3 Å². The van der Waals surface area contributed by atoms with Gasteiger partial charge in [-0.3, -0.25) is 4.79 Å². The summed E-state index contributed by atoms with van der Waals surface area (Å²) in [5, 5.41) is 11.5. The zero-order valence-electron chi connectivity index (χ0n) is 16.7. The molecule has 3 aromatic carbocycles. The van der Waals surface area contributed by atoms with Crippen molar-refractivity contribution in [3.8, 4) is 16.3 Å². The molecule has 0 saturated heterocycles. The molecule has 4 heteroatoms. The van der Waals surface area contributed by atoms with E-state index in [1.54, 1.807) is 17.4 Å². The van der Waals surface area contributed by atoms with Crippen molar-refractivity contribution < 1.29 is 9.90 Å². The molecule has 0 aliphatic carbocycles. The molecule has 0 spiro atoms. The Morgan fingerprint density at radius 2 is 1.69 bits per heavy atom. The number of para-hydroxylation sites is 1. The van der Waals surface area contributed by atoms with Crippen molar-refractivity contribution in [2.75, 3.05) is 0 Å². The number of ketones is 1. The molecule has 3 nitrogen and oxygen atoms in total. The highest BCUT2D eigenvalue weighted by Crippen LogP contribution is 2.40. The van der Waals surface area contributed by atoms with Crippen LogP contribution in [0.3, 0.4) is 0 Å². The van der Waals surface area contributed by atoms with Crippen molar-refractivity contribution in [3.63, 3.8) is 0 Å². The van der Waals surface area contributed by atoms with Gasteiger partial charge in [-0.15, -0.1) is 11.3 Å². The molecule has 1 N–H and O–H groups in total. The Labute approximate surface area is 174 Å². The molecular formula is C25H23NO2S. The third-order valence-corrected chi connectivity index (χ3v) is 6.87. The van der Waals surface area contributed by atoms with Gasteiger partial charge < -0.3 is 5.11 Å². The van der Waals surface area contributed by atoms with Crippen LogP contribution in [0.4, 0.5) is 0 Å². The highest BCUT2D eigenvalue weighted by Gasteiger charge is 2.34. The summed E-state index contributed by atoms with van der Waals surface area (Å²) >= 11 is 1.56. The lowest BCUT2D eigenvalue weighted by molar-refractivity contribution is 0.0879. The van der Waals surface area contributed by atoms with E-state index in [0.29, 0.717) is 11.1 Å². The van der Waals surface area contributed by atoms with Crippen molar-refractivity contribution in [1.82, 2.24) is 4.98 Å². The molecule has 29 heavy (non-hydrogen) atoms. The van der Waals surface area contributed by atoms with Crippen LogP contribution in [0.25, 0.3) is 20.8 Å².